The molecule has 0 spiro atoms. The Balaban J connectivity index is 1.80. The topological polar surface area (TPSA) is 119 Å². The van der Waals surface area contributed by atoms with E-state index in [-0.39, 0.29) is 23.3 Å². The molecule has 3 rings (SSSR count). The number of hydrogen-bond donors (Lipinski definition) is 1. The summed E-state index contributed by atoms with van der Waals surface area (Å²) < 4.78 is 24.9. The van der Waals surface area contributed by atoms with Gasteiger partial charge in [0.1, 0.15) is 4.90 Å². The van der Waals surface area contributed by atoms with Gasteiger partial charge in [0.15, 0.2) is 0 Å². The Bertz CT molecular complexity index is 1010. The van der Waals surface area contributed by atoms with E-state index in [2.05, 4.69) is 11.7 Å². The number of rotatable bonds is 4. The number of sulfonamides is 1. The number of fused-ring (bicyclic) bond motifs is 1. The Morgan fingerprint density at radius 1 is 1.26 bits per heavy atom. The summed E-state index contributed by atoms with van der Waals surface area (Å²) in [5.41, 5.74) is 1.46. The Kier molecular flexibility index (Phi) is 4.85. The lowest BCUT2D eigenvalue weighted by Gasteiger charge is -2.28. The van der Waals surface area contributed by atoms with Crippen molar-refractivity contribution in [3.05, 3.63) is 54.4 Å². The largest absolute Gasteiger partial charge is 0.331 e. The number of nitrogens with two attached hydrogens (primary N) is 1. The molecule has 0 bridgehead atoms. The van der Waals surface area contributed by atoms with Crippen molar-refractivity contribution in [2.75, 3.05) is 18.5 Å². The van der Waals surface area contributed by atoms with Gasteiger partial charge in [-0.25, -0.2) is 13.6 Å². The number of primary sulfonamides is 1. The molecular formula is C17H19N5O4S. The van der Waals surface area contributed by atoms with Gasteiger partial charge in [0.2, 0.25) is 15.9 Å². The minimum atomic E-state index is -3.91. The van der Waals surface area contributed by atoms with Crippen LogP contribution >= 0.6 is 0 Å². The zero-order valence-electron chi connectivity index (χ0n) is 14.7. The van der Waals surface area contributed by atoms with Crippen LogP contribution in [0, 0.1) is 0 Å². The second kappa shape index (κ2) is 6.97. The third-order valence-electron chi connectivity index (χ3n) is 4.43. The molecule has 0 fully saturated rings. The second-order valence-electron chi connectivity index (χ2n) is 6.10. The van der Waals surface area contributed by atoms with Gasteiger partial charge in [0, 0.05) is 24.8 Å². The lowest BCUT2D eigenvalue weighted by molar-refractivity contribution is -0.113. The van der Waals surface area contributed by atoms with Crippen molar-refractivity contribution < 1.29 is 18.0 Å². The first-order valence-corrected chi connectivity index (χ1v) is 9.64. The summed E-state index contributed by atoms with van der Waals surface area (Å²) in [6.07, 6.45) is 2.42. The van der Waals surface area contributed by atoms with Crippen LogP contribution in [0.25, 0.3) is 0 Å². The number of likely N-dealkylation sites (N-methyl/N-ethyl adjacent to an activating group) is 1. The number of benzene rings is 1. The number of carbonyl (C=O) groups is 2. The summed E-state index contributed by atoms with van der Waals surface area (Å²) in [6.45, 7) is 4.32. The summed E-state index contributed by atoms with van der Waals surface area (Å²) in [5.74, 6) is -0.499. The fourth-order valence-corrected chi connectivity index (χ4v) is 3.60. The monoisotopic (exact) mass is 389 g/mol. The molecule has 1 aromatic carbocycles. The van der Waals surface area contributed by atoms with Crippen molar-refractivity contribution in [3.63, 3.8) is 0 Å². The molecule has 9 nitrogen and oxygen atoms in total. The minimum absolute atomic E-state index is 0.0695. The molecule has 0 saturated heterocycles. The molecule has 10 heteroatoms. The molecule has 142 valence electrons. The maximum Gasteiger partial charge on any atom is 0.254 e. The van der Waals surface area contributed by atoms with E-state index in [1.807, 2.05) is 0 Å². The van der Waals surface area contributed by atoms with Crippen LogP contribution in [0.2, 0.25) is 0 Å². The molecule has 2 N–H and O–H groups in total. The molecule has 27 heavy (non-hydrogen) atoms. The fourth-order valence-electron chi connectivity index (χ4n) is 2.91. The SMILES string of the molecule is C=CC(=O)N(C)c1ccc(C(=O)N2CCn3ncc(S(N)(=O)=O)c3C2)cc1. The number of nitrogens with zero attached hydrogens (tertiary/aromatic N) is 4. The van der Waals surface area contributed by atoms with Gasteiger partial charge < -0.3 is 9.80 Å². The molecular weight excluding hydrogens is 370 g/mol. The van der Waals surface area contributed by atoms with Gasteiger partial charge in [-0.3, -0.25) is 14.3 Å². The van der Waals surface area contributed by atoms with E-state index in [4.69, 9.17) is 5.14 Å². The van der Waals surface area contributed by atoms with Crippen molar-refractivity contribution in [3.8, 4) is 0 Å². The van der Waals surface area contributed by atoms with Crippen molar-refractivity contribution in [1.29, 1.82) is 0 Å². The highest BCUT2D eigenvalue weighted by Gasteiger charge is 2.28. The predicted octanol–water partition coefficient (Wildman–Crippen LogP) is 0.335. The third-order valence-corrected chi connectivity index (χ3v) is 5.39. The first-order valence-electron chi connectivity index (χ1n) is 8.09. The van der Waals surface area contributed by atoms with Gasteiger partial charge in [-0.1, -0.05) is 6.58 Å². The standard InChI is InChI=1S/C17H19N5O4S/c1-3-16(23)20(2)13-6-4-12(5-7-13)17(24)21-8-9-22-14(11-21)15(10-19-22)27(18,25)26/h3-7,10H,1,8-9,11H2,2H3,(H2,18,25,26). The number of anilines is 1. The fraction of sp³-hybridized carbons (Fsp3) is 0.235. The van der Waals surface area contributed by atoms with Crippen LogP contribution in [-0.4, -0.2) is 48.5 Å². The number of aromatic nitrogens is 2. The highest BCUT2D eigenvalue weighted by Crippen LogP contribution is 2.22. The molecule has 0 unspecified atom stereocenters. The zero-order chi connectivity index (χ0) is 19.8. The highest BCUT2D eigenvalue weighted by molar-refractivity contribution is 7.89. The van der Waals surface area contributed by atoms with E-state index < -0.39 is 10.0 Å². The molecule has 0 radical (unpaired) electrons. The van der Waals surface area contributed by atoms with Crippen LogP contribution in [0.5, 0.6) is 0 Å². The number of amides is 2. The second-order valence-corrected chi connectivity index (χ2v) is 7.63. The smallest absolute Gasteiger partial charge is 0.254 e. The lowest BCUT2D eigenvalue weighted by Crippen LogP contribution is -2.39. The summed E-state index contributed by atoms with van der Waals surface area (Å²) >= 11 is 0. The van der Waals surface area contributed by atoms with Crippen molar-refractivity contribution in [2.45, 2.75) is 18.0 Å². The number of hydrogen-bond acceptors (Lipinski definition) is 5. The van der Waals surface area contributed by atoms with E-state index in [1.54, 1.807) is 40.9 Å². The summed E-state index contributed by atoms with van der Waals surface area (Å²) in [6, 6.07) is 6.57. The van der Waals surface area contributed by atoms with E-state index in [1.165, 1.54) is 17.2 Å². The van der Waals surface area contributed by atoms with E-state index in [0.717, 1.165) is 0 Å². The summed E-state index contributed by atoms with van der Waals surface area (Å²) in [5, 5.41) is 9.23. The van der Waals surface area contributed by atoms with Crippen molar-refractivity contribution >= 4 is 27.5 Å². The van der Waals surface area contributed by atoms with Crippen LogP contribution in [-0.2, 0) is 27.9 Å². The van der Waals surface area contributed by atoms with Gasteiger partial charge in [-0.2, -0.15) is 5.10 Å². The Hall–Kier alpha value is -2.98. The van der Waals surface area contributed by atoms with Gasteiger partial charge in [0.05, 0.1) is 25.0 Å². The molecule has 2 aromatic rings. The normalized spacial score (nSPS) is 13.8. The summed E-state index contributed by atoms with van der Waals surface area (Å²) in [4.78, 5) is 27.3. The minimum Gasteiger partial charge on any atom is -0.331 e. The predicted molar refractivity (Wildman–Crippen MR) is 98.4 cm³/mol. The highest BCUT2D eigenvalue weighted by atomic mass is 32.2. The van der Waals surface area contributed by atoms with Gasteiger partial charge in [-0.05, 0) is 30.3 Å². The van der Waals surface area contributed by atoms with Crippen LogP contribution in [0.1, 0.15) is 16.1 Å². The number of carbonyl (C=O) groups excluding carboxylic acids is 2. The Morgan fingerprint density at radius 2 is 1.93 bits per heavy atom. The Morgan fingerprint density at radius 3 is 2.52 bits per heavy atom. The molecule has 0 atom stereocenters. The maximum atomic E-state index is 12.8. The Labute approximate surface area is 156 Å². The lowest BCUT2D eigenvalue weighted by atomic mass is 10.1. The molecule has 2 heterocycles. The van der Waals surface area contributed by atoms with Crippen LogP contribution in [0.15, 0.2) is 48.0 Å². The van der Waals surface area contributed by atoms with Gasteiger partial charge in [0.25, 0.3) is 5.91 Å². The van der Waals surface area contributed by atoms with E-state index >= 15 is 0 Å². The quantitative estimate of drug-likeness (QED) is 0.756. The molecule has 1 aromatic heterocycles. The third kappa shape index (κ3) is 3.62. The van der Waals surface area contributed by atoms with Gasteiger partial charge in [-0.15, -0.1) is 0 Å². The zero-order valence-corrected chi connectivity index (χ0v) is 15.5. The van der Waals surface area contributed by atoms with E-state index in [9.17, 15) is 18.0 Å². The van der Waals surface area contributed by atoms with Gasteiger partial charge >= 0.3 is 0 Å². The molecule has 2 amide bonds. The maximum absolute atomic E-state index is 12.8. The van der Waals surface area contributed by atoms with Crippen LogP contribution in [0.3, 0.4) is 0 Å². The molecule has 1 aliphatic rings. The molecule has 0 saturated carbocycles. The molecule has 0 aliphatic carbocycles. The average molecular weight is 389 g/mol. The van der Waals surface area contributed by atoms with Crippen molar-refractivity contribution in [2.24, 2.45) is 5.14 Å². The van der Waals surface area contributed by atoms with Crippen molar-refractivity contribution in [1.82, 2.24) is 14.7 Å². The summed E-state index contributed by atoms with van der Waals surface area (Å²) in [7, 11) is -2.29. The first-order chi connectivity index (χ1) is 12.7. The molecule has 1 aliphatic heterocycles. The average Bonchev–Trinajstić information content (AvgIpc) is 3.10. The van der Waals surface area contributed by atoms with Crippen LogP contribution < -0.4 is 10.0 Å². The van der Waals surface area contributed by atoms with E-state index in [0.29, 0.717) is 30.0 Å². The first kappa shape index (κ1) is 18.8. The van der Waals surface area contributed by atoms with Crippen LogP contribution in [0.4, 0.5) is 5.69 Å².